The zero-order valence-electron chi connectivity index (χ0n) is 27.9. The maximum Gasteiger partial charge on any atom is 0.408 e. The third-order valence-electron chi connectivity index (χ3n) is 12.4. The van der Waals surface area contributed by atoms with Gasteiger partial charge in [-0.1, -0.05) is 32.0 Å². The molecule has 11 heteroatoms. The SMILES string of the molecule is C#CCC(NC(=O)/C=C/CCC(C)C1CCC2C3CCC4CC(O)CCC4(C)C3CC(O)C12C)NC(=O)OCCOCCN=[N+]=[N-]. The summed E-state index contributed by atoms with van der Waals surface area (Å²) >= 11 is 0. The predicted octanol–water partition coefficient (Wildman–Crippen LogP) is 5.47. The number of aliphatic hydroxyl groups excluding tert-OH is 2. The van der Waals surface area contributed by atoms with E-state index < -0.39 is 12.3 Å². The van der Waals surface area contributed by atoms with E-state index in [2.05, 4.69) is 47.4 Å². The van der Waals surface area contributed by atoms with Gasteiger partial charge in [-0.2, -0.15) is 0 Å². The second-order valence-electron chi connectivity index (χ2n) is 14.7. The summed E-state index contributed by atoms with van der Waals surface area (Å²) in [5.74, 6) is 5.29. The van der Waals surface area contributed by atoms with E-state index in [9.17, 15) is 19.8 Å². The molecule has 11 nitrogen and oxygen atoms in total. The van der Waals surface area contributed by atoms with Gasteiger partial charge in [-0.3, -0.25) is 4.79 Å². The summed E-state index contributed by atoms with van der Waals surface area (Å²) in [6.07, 6.45) is 17.1. The summed E-state index contributed by atoms with van der Waals surface area (Å²) in [6, 6.07) is 0. The van der Waals surface area contributed by atoms with Gasteiger partial charge >= 0.3 is 6.09 Å². The minimum atomic E-state index is -0.776. The number of nitrogens with zero attached hydrogens (tertiary/aromatic N) is 3. The lowest BCUT2D eigenvalue weighted by molar-refractivity contribution is -0.174. The Morgan fingerprint density at radius 3 is 2.67 bits per heavy atom. The van der Waals surface area contributed by atoms with Crippen LogP contribution in [0, 0.1) is 58.7 Å². The van der Waals surface area contributed by atoms with Gasteiger partial charge in [0.05, 0.1) is 25.4 Å². The van der Waals surface area contributed by atoms with Gasteiger partial charge in [-0.25, -0.2) is 4.79 Å². The molecule has 4 aliphatic carbocycles. The highest BCUT2D eigenvalue weighted by atomic mass is 16.6. The number of fused-ring (bicyclic) bond motifs is 5. The molecule has 4 aliphatic rings. The van der Waals surface area contributed by atoms with E-state index in [0.717, 1.165) is 44.9 Å². The van der Waals surface area contributed by atoms with E-state index in [1.807, 2.05) is 6.08 Å². The lowest BCUT2D eigenvalue weighted by Gasteiger charge is -2.62. The number of carbonyl (C=O) groups excluding carboxylic acids is 2. The van der Waals surface area contributed by atoms with E-state index in [0.29, 0.717) is 35.5 Å². The van der Waals surface area contributed by atoms with E-state index in [-0.39, 0.29) is 61.7 Å². The summed E-state index contributed by atoms with van der Waals surface area (Å²) < 4.78 is 10.2. The van der Waals surface area contributed by atoms with Crippen molar-refractivity contribution >= 4 is 12.0 Å². The minimum absolute atomic E-state index is 0.000810. The smallest absolute Gasteiger partial charge is 0.408 e. The Morgan fingerprint density at radius 1 is 1.11 bits per heavy atom. The molecule has 46 heavy (non-hydrogen) atoms. The third kappa shape index (κ3) is 8.20. The van der Waals surface area contributed by atoms with Crippen LogP contribution in [-0.2, 0) is 14.3 Å². The lowest BCUT2D eigenvalue weighted by Crippen LogP contribution is -2.58. The Hall–Kier alpha value is -2.77. The number of allylic oxidation sites excluding steroid dienone is 1. The molecule has 0 aromatic carbocycles. The Bertz CT molecular complexity index is 1170. The van der Waals surface area contributed by atoms with Crippen LogP contribution >= 0.6 is 0 Å². The second kappa shape index (κ2) is 16.4. The maximum atomic E-state index is 12.6. The number of ether oxygens (including phenoxy) is 2. The molecule has 2 amide bonds. The van der Waals surface area contributed by atoms with Gasteiger partial charge in [0.2, 0.25) is 5.91 Å². The van der Waals surface area contributed by atoms with Crippen LogP contribution in [-0.4, -0.2) is 67.0 Å². The molecule has 4 fully saturated rings. The van der Waals surface area contributed by atoms with Gasteiger partial charge in [-0.15, -0.1) is 12.3 Å². The maximum absolute atomic E-state index is 12.6. The molecular formula is C35H55N5O6. The molecule has 0 spiro atoms. The van der Waals surface area contributed by atoms with Crippen molar-refractivity contribution in [2.45, 2.75) is 110 Å². The monoisotopic (exact) mass is 641 g/mol. The molecule has 0 aromatic rings. The molecule has 4 N–H and O–H groups in total. The summed E-state index contributed by atoms with van der Waals surface area (Å²) in [7, 11) is 0. The van der Waals surface area contributed by atoms with Gasteiger partial charge in [0.15, 0.2) is 0 Å². The van der Waals surface area contributed by atoms with Crippen molar-refractivity contribution in [1.29, 1.82) is 0 Å². The number of nitrogens with one attached hydrogen (secondary N) is 2. The average Bonchev–Trinajstić information content (AvgIpc) is 3.38. The highest BCUT2D eigenvalue weighted by Crippen LogP contribution is 2.68. The van der Waals surface area contributed by atoms with Crippen LogP contribution in [0.1, 0.15) is 91.4 Å². The average molecular weight is 642 g/mol. The van der Waals surface area contributed by atoms with Gasteiger partial charge in [0, 0.05) is 17.9 Å². The molecule has 11 unspecified atom stereocenters. The first-order chi connectivity index (χ1) is 22.0. The molecule has 0 aromatic heterocycles. The van der Waals surface area contributed by atoms with Gasteiger partial charge in [-0.05, 0) is 122 Å². The molecule has 0 radical (unpaired) electrons. The molecule has 11 atom stereocenters. The largest absolute Gasteiger partial charge is 0.447 e. The van der Waals surface area contributed by atoms with Crippen LogP contribution in [0.2, 0.25) is 0 Å². The number of terminal acetylenes is 1. The number of azide groups is 1. The quantitative estimate of drug-likeness (QED) is 0.0373. The molecular weight excluding hydrogens is 586 g/mol. The third-order valence-corrected chi connectivity index (χ3v) is 12.4. The minimum Gasteiger partial charge on any atom is -0.447 e. The Balaban J connectivity index is 1.23. The van der Waals surface area contributed by atoms with Crippen molar-refractivity contribution < 1.29 is 29.3 Å². The number of hydrogen-bond donors (Lipinski definition) is 4. The first-order valence-electron chi connectivity index (χ1n) is 17.3. The van der Waals surface area contributed by atoms with Gasteiger partial charge < -0.3 is 30.3 Å². The van der Waals surface area contributed by atoms with Crippen molar-refractivity contribution in [2.24, 2.45) is 51.5 Å². The van der Waals surface area contributed by atoms with Crippen LogP contribution in [0.5, 0.6) is 0 Å². The highest BCUT2D eigenvalue weighted by molar-refractivity contribution is 5.88. The number of carbonyl (C=O) groups is 2. The number of hydrogen-bond acceptors (Lipinski definition) is 7. The first-order valence-corrected chi connectivity index (χ1v) is 17.3. The van der Waals surface area contributed by atoms with E-state index >= 15 is 0 Å². The molecule has 4 rings (SSSR count). The van der Waals surface area contributed by atoms with Crippen molar-refractivity contribution in [3.63, 3.8) is 0 Å². The van der Waals surface area contributed by atoms with Crippen LogP contribution in [0.3, 0.4) is 0 Å². The molecule has 0 bridgehead atoms. The Kier molecular flexibility index (Phi) is 12.8. The number of amides is 2. The topological polar surface area (TPSA) is 166 Å². The number of rotatable bonds is 14. The zero-order valence-corrected chi connectivity index (χ0v) is 27.9. The Morgan fingerprint density at radius 2 is 1.91 bits per heavy atom. The molecule has 0 heterocycles. The summed E-state index contributed by atoms with van der Waals surface area (Å²) in [4.78, 5) is 27.3. The number of alkyl carbamates (subject to hydrolysis) is 1. The van der Waals surface area contributed by atoms with E-state index in [1.54, 1.807) is 0 Å². The fourth-order valence-corrected chi connectivity index (χ4v) is 10.0. The van der Waals surface area contributed by atoms with Crippen molar-refractivity contribution in [1.82, 2.24) is 10.6 Å². The van der Waals surface area contributed by atoms with Gasteiger partial charge in [0.1, 0.15) is 12.8 Å². The van der Waals surface area contributed by atoms with Crippen molar-refractivity contribution in [3.05, 3.63) is 22.6 Å². The molecule has 0 aliphatic heterocycles. The molecule has 256 valence electrons. The second-order valence-corrected chi connectivity index (χ2v) is 14.7. The summed E-state index contributed by atoms with van der Waals surface area (Å²) in [5.41, 5.74) is 8.39. The summed E-state index contributed by atoms with van der Waals surface area (Å²) in [5, 5.41) is 30.8. The van der Waals surface area contributed by atoms with Crippen LogP contribution in [0.25, 0.3) is 10.4 Å². The van der Waals surface area contributed by atoms with E-state index in [4.69, 9.17) is 21.4 Å². The van der Waals surface area contributed by atoms with Crippen LogP contribution < -0.4 is 10.6 Å². The normalized spacial score (nSPS) is 36.2. The zero-order chi connectivity index (χ0) is 33.3. The fraction of sp³-hybridized carbons (Fsp3) is 0.829. The molecule has 0 saturated heterocycles. The highest BCUT2D eigenvalue weighted by Gasteiger charge is 2.63. The first kappa shape index (κ1) is 36.1. The predicted molar refractivity (Wildman–Crippen MR) is 175 cm³/mol. The number of aliphatic hydroxyl groups is 2. The lowest BCUT2D eigenvalue weighted by atomic mass is 9.43. The Labute approximate surface area is 274 Å². The summed E-state index contributed by atoms with van der Waals surface area (Å²) in [6.45, 7) is 7.69. The van der Waals surface area contributed by atoms with Crippen molar-refractivity contribution in [3.8, 4) is 12.3 Å². The van der Waals surface area contributed by atoms with Crippen molar-refractivity contribution in [2.75, 3.05) is 26.4 Å². The van der Waals surface area contributed by atoms with Crippen LogP contribution in [0.4, 0.5) is 4.79 Å². The standard InChI is InChI=1S/C35H55N5O6/c1-5-8-31(39-33(44)46-20-19-45-18-17-37-40-36)38-32(43)10-7-6-9-23(2)27-13-14-28-26-12-11-24-21-25(41)15-16-34(24,3)29(26)22-30(42)35(27,28)4/h1,7,10,23-31,41-42H,6,8-9,11-22H2,2-4H3,(H,38,43)(H,39,44)/b10-7+. The fourth-order valence-electron chi connectivity index (χ4n) is 10.0. The van der Waals surface area contributed by atoms with Gasteiger partial charge in [0.25, 0.3) is 0 Å². The van der Waals surface area contributed by atoms with Crippen LogP contribution in [0.15, 0.2) is 17.3 Å². The van der Waals surface area contributed by atoms with E-state index in [1.165, 1.54) is 25.3 Å². The molecule has 4 saturated carbocycles.